The standard InChI is InChI=1S/C16H16N4S/c1-2-17-15-12(6-5-9-18-15)10-21-16-13-7-3-4-8-14(13)19-11-20-16/h3-9,11H,2,10H2,1H3,(H,17,18). The second kappa shape index (κ2) is 6.54. The molecule has 1 aromatic carbocycles. The molecule has 0 atom stereocenters. The lowest BCUT2D eigenvalue weighted by molar-refractivity contribution is 1.09. The van der Waals surface area contributed by atoms with Crippen LogP contribution >= 0.6 is 11.8 Å². The van der Waals surface area contributed by atoms with Crippen molar-refractivity contribution in [1.82, 2.24) is 15.0 Å². The van der Waals surface area contributed by atoms with Crippen molar-refractivity contribution in [1.29, 1.82) is 0 Å². The maximum atomic E-state index is 4.41. The molecule has 0 saturated heterocycles. The van der Waals surface area contributed by atoms with Crippen LogP contribution in [0.2, 0.25) is 0 Å². The molecule has 0 bridgehead atoms. The minimum atomic E-state index is 0.831. The zero-order chi connectivity index (χ0) is 14.5. The lowest BCUT2D eigenvalue weighted by atomic mass is 10.2. The van der Waals surface area contributed by atoms with Crippen molar-refractivity contribution in [3.05, 3.63) is 54.5 Å². The second-order valence-electron chi connectivity index (χ2n) is 4.53. The monoisotopic (exact) mass is 296 g/mol. The number of hydrogen-bond acceptors (Lipinski definition) is 5. The average Bonchev–Trinajstić information content (AvgIpc) is 2.54. The van der Waals surface area contributed by atoms with E-state index in [0.717, 1.165) is 34.0 Å². The van der Waals surface area contributed by atoms with E-state index in [2.05, 4.69) is 39.3 Å². The van der Waals surface area contributed by atoms with Gasteiger partial charge in [0.2, 0.25) is 0 Å². The topological polar surface area (TPSA) is 50.7 Å². The molecule has 0 saturated carbocycles. The van der Waals surface area contributed by atoms with Gasteiger partial charge in [-0.25, -0.2) is 15.0 Å². The molecule has 3 aromatic rings. The maximum Gasteiger partial charge on any atom is 0.129 e. The van der Waals surface area contributed by atoms with E-state index in [9.17, 15) is 0 Å². The first kappa shape index (κ1) is 13.8. The van der Waals surface area contributed by atoms with Crippen LogP contribution in [0.3, 0.4) is 0 Å². The van der Waals surface area contributed by atoms with E-state index in [0.29, 0.717) is 0 Å². The van der Waals surface area contributed by atoms with E-state index in [-0.39, 0.29) is 0 Å². The molecule has 0 aliphatic rings. The quantitative estimate of drug-likeness (QED) is 0.574. The number of para-hydroxylation sites is 1. The molecule has 5 heteroatoms. The van der Waals surface area contributed by atoms with Crippen molar-refractivity contribution < 1.29 is 0 Å². The summed E-state index contributed by atoms with van der Waals surface area (Å²) in [6.07, 6.45) is 3.44. The number of benzene rings is 1. The largest absolute Gasteiger partial charge is 0.370 e. The van der Waals surface area contributed by atoms with Crippen LogP contribution in [-0.2, 0) is 5.75 Å². The van der Waals surface area contributed by atoms with Gasteiger partial charge in [-0.1, -0.05) is 24.3 Å². The van der Waals surface area contributed by atoms with E-state index >= 15 is 0 Å². The summed E-state index contributed by atoms with van der Waals surface area (Å²) in [6, 6.07) is 12.1. The van der Waals surface area contributed by atoms with Gasteiger partial charge in [0.25, 0.3) is 0 Å². The molecule has 3 rings (SSSR count). The lowest BCUT2D eigenvalue weighted by Gasteiger charge is -2.09. The van der Waals surface area contributed by atoms with Crippen molar-refractivity contribution >= 4 is 28.5 Å². The van der Waals surface area contributed by atoms with Crippen LogP contribution in [0.25, 0.3) is 10.9 Å². The normalized spacial score (nSPS) is 10.7. The Balaban J connectivity index is 1.84. The van der Waals surface area contributed by atoms with Crippen molar-refractivity contribution in [3.8, 4) is 0 Å². The lowest BCUT2D eigenvalue weighted by Crippen LogP contribution is -2.02. The Kier molecular flexibility index (Phi) is 4.31. The molecular formula is C16H16N4S. The third kappa shape index (κ3) is 3.13. The second-order valence-corrected chi connectivity index (χ2v) is 5.49. The SMILES string of the molecule is CCNc1ncccc1CSc1ncnc2ccccc12. The van der Waals surface area contributed by atoms with Crippen molar-refractivity contribution in [2.75, 3.05) is 11.9 Å². The molecule has 21 heavy (non-hydrogen) atoms. The highest BCUT2D eigenvalue weighted by Crippen LogP contribution is 2.28. The van der Waals surface area contributed by atoms with Crippen LogP contribution in [0.5, 0.6) is 0 Å². The smallest absolute Gasteiger partial charge is 0.129 e. The number of pyridine rings is 1. The molecule has 106 valence electrons. The van der Waals surface area contributed by atoms with Crippen LogP contribution in [-0.4, -0.2) is 21.5 Å². The molecule has 0 aliphatic heterocycles. The molecule has 2 aromatic heterocycles. The Bertz CT molecular complexity index is 740. The zero-order valence-electron chi connectivity index (χ0n) is 11.8. The predicted molar refractivity (Wildman–Crippen MR) is 87.5 cm³/mol. The number of fused-ring (bicyclic) bond motifs is 1. The summed E-state index contributed by atoms with van der Waals surface area (Å²) >= 11 is 1.71. The number of aromatic nitrogens is 3. The average molecular weight is 296 g/mol. The van der Waals surface area contributed by atoms with Gasteiger partial charge in [0.05, 0.1) is 5.52 Å². The van der Waals surface area contributed by atoms with Crippen LogP contribution in [0.1, 0.15) is 12.5 Å². The van der Waals surface area contributed by atoms with E-state index in [1.165, 1.54) is 5.56 Å². The highest BCUT2D eigenvalue weighted by atomic mass is 32.2. The molecule has 0 unspecified atom stereocenters. The van der Waals surface area contributed by atoms with Gasteiger partial charge in [-0.2, -0.15) is 0 Å². The Morgan fingerprint density at radius 1 is 1.05 bits per heavy atom. The zero-order valence-corrected chi connectivity index (χ0v) is 12.6. The minimum Gasteiger partial charge on any atom is -0.370 e. The molecule has 0 radical (unpaired) electrons. The van der Waals surface area contributed by atoms with Crippen molar-refractivity contribution in [2.24, 2.45) is 0 Å². The first-order chi connectivity index (χ1) is 10.4. The molecule has 0 aliphatic carbocycles. The number of nitrogens with one attached hydrogen (secondary N) is 1. The fraction of sp³-hybridized carbons (Fsp3) is 0.188. The summed E-state index contributed by atoms with van der Waals surface area (Å²) in [5.74, 6) is 1.78. The summed E-state index contributed by atoms with van der Waals surface area (Å²) in [7, 11) is 0. The fourth-order valence-electron chi connectivity index (χ4n) is 2.12. The highest BCUT2D eigenvalue weighted by molar-refractivity contribution is 7.98. The van der Waals surface area contributed by atoms with Gasteiger partial charge < -0.3 is 5.32 Å². The Morgan fingerprint density at radius 3 is 2.86 bits per heavy atom. The summed E-state index contributed by atoms with van der Waals surface area (Å²) in [4.78, 5) is 13.1. The van der Waals surface area contributed by atoms with Gasteiger partial charge in [-0.3, -0.25) is 0 Å². The molecule has 1 N–H and O–H groups in total. The van der Waals surface area contributed by atoms with Gasteiger partial charge in [0.15, 0.2) is 0 Å². The summed E-state index contributed by atoms with van der Waals surface area (Å²) in [5.41, 5.74) is 2.17. The van der Waals surface area contributed by atoms with Crippen LogP contribution in [0.4, 0.5) is 5.82 Å². The maximum absolute atomic E-state index is 4.41. The number of hydrogen-bond donors (Lipinski definition) is 1. The highest BCUT2D eigenvalue weighted by Gasteiger charge is 2.07. The van der Waals surface area contributed by atoms with Crippen molar-refractivity contribution in [3.63, 3.8) is 0 Å². The molecule has 0 fully saturated rings. The van der Waals surface area contributed by atoms with E-state index in [1.807, 2.05) is 30.5 Å². The Labute approximate surface area is 128 Å². The number of rotatable bonds is 5. The summed E-state index contributed by atoms with van der Waals surface area (Å²) < 4.78 is 0. The molecule has 4 nitrogen and oxygen atoms in total. The molecule has 2 heterocycles. The minimum absolute atomic E-state index is 0.831. The summed E-state index contributed by atoms with van der Waals surface area (Å²) in [5, 5.41) is 5.39. The molecule has 0 amide bonds. The van der Waals surface area contributed by atoms with E-state index < -0.39 is 0 Å². The van der Waals surface area contributed by atoms with Crippen molar-refractivity contribution in [2.45, 2.75) is 17.7 Å². The van der Waals surface area contributed by atoms with Crippen LogP contribution in [0.15, 0.2) is 53.9 Å². The van der Waals surface area contributed by atoms with Gasteiger partial charge in [-0.05, 0) is 19.1 Å². The predicted octanol–water partition coefficient (Wildman–Crippen LogP) is 3.75. The third-order valence-corrected chi connectivity index (χ3v) is 4.16. The van der Waals surface area contributed by atoms with Crippen LogP contribution in [0, 0.1) is 0 Å². The van der Waals surface area contributed by atoms with Gasteiger partial charge in [-0.15, -0.1) is 11.8 Å². The molecule has 0 spiro atoms. The molecular weight excluding hydrogens is 280 g/mol. The Morgan fingerprint density at radius 2 is 1.95 bits per heavy atom. The Hall–Kier alpha value is -2.14. The van der Waals surface area contributed by atoms with Gasteiger partial charge in [0, 0.05) is 29.4 Å². The third-order valence-electron chi connectivity index (χ3n) is 3.11. The van der Waals surface area contributed by atoms with E-state index in [1.54, 1.807) is 18.1 Å². The van der Waals surface area contributed by atoms with Crippen LogP contribution < -0.4 is 5.32 Å². The fourth-order valence-corrected chi connectivity index (χ4v) is 3.10. The first-order valence-corrected chi connectivity index (χ1v) is 7.87. The van der Waals surface area contributed by atoms with Gasteiger partial charge in [0.1, 0.15) is 17.2 Å². The number of nitrogens with zero attached hydrogens (tertiary/aromatic N) is 3. The summed E-state index contributed by atoms with van der Waals surface area (Å²) in [6.45, 7) is 2.94. The number of thioether (sulfide) groups is 1. The van der Waals surface area contributed by atoms with E-state index in [4.69, 9.17) is 0 Å². The van der Waals surface area contributed by atoms with Gasteiger partial charge >= 0.3 is 0 Å². The first-order valence-electron chi connectivity index (χ1n) is 6.89. The number of anilines is 1.